The van der Waals surface area contributed by atoms with Crippen LogP contribution in [-0.2, 0) is 6.54 Å². The molecule has 0 atom stereocenters. The van der Waals surface area contributed by atoms with Crippen molar-refractivity contribution in [2.45, 2.75) is 6.54 Å². The first kappa shape index (κ1) is 11.5. The Bertz CT molecular complexity index is 494. The van der Waals surface area contributed by atoms with Crippen molar-refractivity contribution in [1.82, 2.24) is 4.98 Å². The largest absolute Gasteiger partial charge is 0.456 e. The fourth-order valence-electron chi connectivity index (χ4n) is 1.32. The quantitative estimate of drug-likeness (QED) is 0.891. The maximum Gasteiger partial charge on any atom is 0.145 e. The first-order valence-electron chi connectivity index (χ1n) is 4.96. The van der Waals surface area contributed by atoms with Crippen molar-refractivity contribution in [3.63, 3.8) is 0 Å². The first-order valence-corrected chi connectivity index (χ1v) is 4.96. The van der Waals surface area contributed by atoms with Crippen LogP contribution >= 0.6 is 0 Å². The molecule has 17 heavy (non-hydrogen) atoms. The number of nitrogens with two attached hydrogens (primary N) is 1. The summed E-state index contributed by atoms with van der Waals surface area (Å²) in [7, 11) is 0. The molecule has 0 bridgehead atoms. The highest BCUT2D eigenvalue weighted by atomic mass is 19.1. The number of ether oxygens (including phenoxy) is 1. The summed E-state index contributed by atoms with van der Waals surface area (Å²) >= 11 is 0. The fourth-order valence-corrected chi connectivity index (χ4v) is 1.32. The van der Waals surface area contributed by atoms with Gasteiger partial charge in [-0.2, -0.15) is 0 Å². The van der Waals surface area contributed by atoms with Gasteiger partial charge in [0, 0.05) is 24.7 Å². The van der Waals surface area contributed by atoms with Crippen molar-refractivity contribution in [1.29, 1.82) is 0 Å². The van der Waals surface area contributed by atoms with Crippen molar-refractivity contribution in [3.8, 4) is 11.5 Å². The summed E-state index contributed by atoms with van der Waals surface area (Å²) in [6.45, 7) is 0.328. The van der Waals surface area contributed by atoms with Crippen molar-refractivity contribution in [2.75, 3.05) is 0 Å². The number of rotatable bonds is 3. The Labute approximate surface area is 96.9 Å². The lowest BCUT2D eigenvalue weighted by atomic mass is 10.3. The molecule has 88 valence electrons. The summed E-state index contributed by atoms with van der Waals surface area (Å²) in [6, 6.07) is 6.30. The molecule has 0 unspecified atom stereocenters. The number of hydrogen-bond acceptors (Lipinski definition) is 3. The average molecular weight is 236 g/mol. The highest BCUT2D eigenvalue weighted by Crippen LogP contribution is 2.22. The Kier molecular flexibility index (Phi) is 3.30. The molecule has 0 aliphatic carbocycles. The molecule has 0 radical (unpaired) electrons. The van der Waals surface area contributed by atoms with Crippen LogP contribution < -0.4 is 10.5 Å². The summed E-state index contributed by atoms with van der Waals surface area (Å²) in [4.78, 5) is 4.00. The predicted molar refractivity (Wildman–Crippen MR) is 58.6 cm³/mol. The number of hydrogen-bond donors (Lipinski definition) is 1. The first-order chi connectivity index (χ1) is 8.17. The summed E-state index contributed by atoms with van der Waals surface area (Å²) in [5, 5.41) is 0. The smallest absolute Gasteiger partial charge is 0.145 e. The van der Waals surface area contributed by atoms with Gasteiger partial charge >= 0.3 is 0 Å². The standard InChI is InChI=1S/C12H10F2N2O/c13-8-3-9(14)5-12(4-8)17-11-2-1-10(6-15)16-7-11/h1-5,7H,6,15H2. The normalized spacial score (nSPS) is 10.3. The molecule has 0 aliphatic rings. The van der Waals surface area contributed by atoms with E-state index in [0.717, 1.165) is 18.2 Å². The lowest BCUT2D eigenvalue weighted by Crippen LogP contribution is -1.98. The molecule has 0 amide bonds. The van der Waals surface area contributed by atoms with Crippen LogP contribution in [0, 0.1) is 11.6 Å². The maximum absolute atomic E-state index is 12.9. The van der Waals surface area contributed by atoms with Gasteiger partial charge in [0.2, 0.25) is 0 Å². The zero-order valence-corrected chi connectivity index (χ0v) is 8.86. The van der Waals surface area contributed by atoms with E-state index < -0.39 is 11.6 Å². The Morgan fingerprint density at radius 3 is 2.29 bits per heavy atom. The monoisotopic (exact) mass is 236 g/mol. The van der Waals surface area contributed by atoms with Crippen LogP contribution in [0.4, 0.5) is 8.78 Å². The summed E-state index contributed by atoms with van der Waals surface area (Å²) < 4.78 is 31.1. The second kappa shape index (κ2) is 4.88. The minimum atomic E-state index is -0.688. The lowest BCUT2D eigenvalue weighted by Gasteiger charge is -2.06. The molecule has 3 nitrogen and oxygen atoms in total. The molecule has 2 N–H and O–H groups in total. The summed E-state index contributed by atoms with van der Waals surface area (Å²) in [5.41, 5.74) is 6.10. The molecule has 0 saturated carbocycles. The molecular formula is C12H10F2N2O. The fraction of sp³-hybridized carbons (Fsp3) is 0.0833. The van der Waals surface area contributed by atoms with Crippen LogP contribution in [-0.4, -0.2) is 4.98 Å². The average Bonchev–Trinajstić information content (AvgIpc) is 2.28. The number of benzene rings is 1. The number of nitrogens with zero attached hydrogens (tertiary/aromatic N) is 1. The molecule has 2 rings (SSSR count). The topological polar surface area (TPSA) is 48.1 Å². The van der Waals surface area contributed by atoms with Gasteiger partial charge in [0.25, 0.3) is 0 Å². The van der Waals surface area contributed by atoms with Crippen LogP contribution in [0.15, 0.2) is 36.5 Å². The maximum atomic E-state index is 12.9. The van der Waals surface area contributed by atoms with Gasteiger partial charge in [-0.1, -0.05) is 0 Å². The third-order valence-corrected chi connectivity index (χ3v) is 2.08. The van der Waals surface area contributed by atoms with Crippen LogP contribution in [0.2, 0.25) is 0 Å². The minimum absolute atomic E-state index is 0.0878. The Morgan fingerprint density at radius 1 is 1.06 bits per heavy atom. The highest BCUT2D eigenvalue weighted by molar-refractivity contribution is 5.30. The number of halogens is 2. The van der Waals surface area contributed by atoms with Gasteiger partial charge < -0.3 is 10.5 Å². The van der Waals surface area contributed by atoms with E-state index in [1.54, 1.807) is 12.1 Å². The van der Waals surface area contributed by atoms with E-state index in [-0.39, 0.29) is 5.75 Å². The van der Waals surface area contributed by atoms with E-state index in [0.29, 0.717) is 18.0 Å². The van der Waals surface area contributed by atoms with E-state index in [2.05, 4.69) is 4.98 Å². The van der Waals surface area contributed by atoms with Crippen LogP contribution in [0.25, 0.3) is 0 Å². The molecule has 1 aromatic heterocycles. The second-order valence-corrected chi connectivity index (χ2v) is 3.40. The van der Waals surface area contributed by atoms with Crippen LogP contribution in [0.5, 0.6) is 11.5 Å². The van der Waals surface area contributed by atoms with Gasteiger partial charge in [0.05, 0.1) is 11.9 Å². The van der Waals surface area contributed by atoms with Gasteiger partial charge in [0.15, 0.2) is 0 Å². The van der Waals surface area contributed by atoms with Gasteiger partial charge in [-0.3, -0.25) is 4.98 Å². The van der Waals surface area contributed by atoms with Crippen molar-refractivity contribution >= 4 is 0 Å². The molecule has 1 aromatic carbocycles. The molecule has 0 spiro atoms. The zero-order valence-electron chi connectivity index (χ0n) is 8.86. The number of aromatic nitrogens is 1. The predicted octanol–water partition coefficient (Wildman–Crippen LogP) is 2.61. The highest BCUT2D eigenvalue weighted by Gasteiger charge is 2.03. The number of pyridine rings is 1. The molecule has 0 fully saturated rings. The van der Waals surface area contributed by atoms with Gasteiger partial charge in [-0.05, 0) is 12.1 Å². The van der Waals surface area contributed by atoms with E-state index >= 15 is 0 Å². The van der Waals surface area contributed by atoms with E-state index in [9.17, 15) is 8.78 Å². The minimum Gasteiger partial charge on any atom is -0.456 e. The Morgan fingerprint density at radius 2 is 1.76 bits per heavy atom. The molecule has 2 aromatic rings. The second-order valence-electron chi connectivity index (χ2n) is 3.40. The molecule has 5 heteroatoms. The zero-order chi connectivity index (χ0) is 12.3. The summed E-state index contributed by atoms with van der Waals surface area (Å²) in [6.07, 6.45) is 1.45. The van der Waals surface area contributed by atoms with Crippen molar-refractivity contribution < 1.29 is 13.5 Å². The van der Waals surface area contributed by atoms with Crippen LogP contribution in [0.1, 0.15) is 5.69 Å². The van der Waals surface area contributed by atoms with Gasteiger partial charge in [0.1, 0.15) is 23.1 Å². The molecule has 1 heterocycles. The third-order valence-electron chi connectivity index (χ3n) is 2.08. The van der Waals surface area contributed by atoms with E-state index in [1.165, 1.54) is 6.20 Å². The third kappa shape index (κ3) is 2.98. The molecule has 0 saturated heterocycles. The molecular weight excluding hydrogens is 226 g/mol. The van der Waals surface area contributed by atoms with E-state index in [1.807, 2.05) is 0 Å². The lowest BCUT2D eigenvalue weighted by molar-refractivity contribution is 0.466. The van der Waals surface area contributed by atoms with Crippen molar-refractivity contribution in [2.24, 2.45) is 5.73 Å². The SMILES string of the molecule is NCc1ccc(Oc2cc(F)cc(F)c2)cn1. The Balaban J connectivity index is 2.19. The van der Waals surface area contributed by atoms with Gasteiger partial charge in [-0.25, -0.2) is 8.78 Å². The Hall–Kier alpha value is -2.01. The molecule has 0 aliphatic heterocycles. The van der Waals surface area contributed by atoms with E-state index in [4.69, 9.17) is 10.5 Å². The summed E-state index contributed by atoms with van der Waals surface area (Å²) in [5.74, 6) is -0.893. The van der Waals surface area contributed by atoms with Gasteiger partial charge in [-0.15, -0.1) is 0 Å². The van der Waals surface area contributed by atoms with Crippen molar-refractivity contribution in [3.05, 3.63) is 53.9 Å². The van der Waals surface area contributed by atoms with Crippen LogP contribution in [0.3, 0.4) is 0 Å².